The number of nitrogens with zero attached hydrogens (tertiary/aromatic N) is 3. The highest BCUT2D eigenvalue weighted by atomic mass is 35.5. The Morgan fingerprint density at radius 1 is 1.18 bits per heavy atom. The number of benzene rings is 2. The molecule has 33 heavy (non-hydrogen) atoms. The summed E-state index contributed by atoms with van der Waals surface area (Å²) in [5, 5.41) is 0.956. The molecule has 3 aromatic rings. The second kappa shape index (κ2) is 10.4. The van der Waals surface area contributed by atoms with Gasteiger partial charge in [0.25, 0.3) is 0 Å². The highest BCUT2D eigenvalue weighted by Gasteiger charge is 2.30. The molecule has 7 nitrogen and oxygen atoms in total. The van der Waals surface area contributed by atoms with E-state index in [4.69, 9.17) is 32.7 Å². The molecule has 2 heterocycles. The Bertz CT molecular complexity index is 1190. The lowest BCUT2D eigenvalue weighted by Gasteiger charge is -2.25. The van der Waals surface area contributed by atoms with Gasteiger partial charge in [-0.25, -0.2) is 13.4 Å². The van der Waals surface area contributed by atoms with E-state index in [0.29, 0.717) is 34.8 Å². The molecule has 4 rings (SSSR count). The Morgan fingerprint density at radius 3 is 2.64 bits per heavy atom. The van der Waals surface area contributed by atoms with Gasteiger partial charge in [-0.1, -0.05) is 29.3 Å². The maximum absolute atomic E-state index is 13.6. The molecule has 0 bridgehead atoms. The Hall–Kier alpha value is -2.10. The Morgan fingerprint density at radius 2 is 1.97 bits per heavy atom. The van der Waals surface area contributed by atoms with E-state index in [1.54, 1.807) is 49.7 Å². The fourth-order valence-corrected chi connectivity index (χ4v) is 5.53. The minimum atomic E-state index is -3.79. The van der Waals surface area contributed by atoms with Crippen LogP contribution in [0, 0.1) is 0 Å². The summed E-state index contributed by atoms with van der Waals surface area (Å²) in [4.78, 5) is 4.64. The number of hydrogen-bond donors (Lipinski definition) is 0. The van der Waals surface area contributed by atoms with Gasteiger partial charge in [-0.3, -0.25) is 0 Å². The van der Waals surface area contributed by atoms with Crippen molar-refractivity contribution in [1.29, 1.82) is 0 Å². The molecule has 1 saturated heterocycles. The van der Waals surface area contributed by atoms with Gasteiger partial charge in [0.15, 0.2) is 0 Å². The third kappa shape index (κ3) is 5.70. The summed E-state index contributed by atoms with van der Waals surface area (Å²) < 4.78 is 41.4. The summed E-state index contributed by atoms with van der Waals surface area (Å²) in [6.45, 7) is 1.51. The van der Waals surface area contributed by atoms with Crippen molar-refractivity contribution >= 4 is 33.2 Å². The van der Waals surface area contributed by atoms with Gasteiger partial charge in [-0.2, -0.15) is 4.31 Å². The molecule has 0 radical (unpaired) electrons. The maximum atomic E-state index is 13.6. The van der Waals surface area contributed by atoms with Gasteiger partial charge < -0.3 is 14.0 Å². The average Bonchev–Trinajstić information content (AvgIpc) is 3.48. The number of methoxy groups -OCH3 is 1. The first-order valence-corrected chi connectivity index (χ1v) is 12.8. The number of halogens is 2. The van der Waals surface area contributed by atoms with Crippen molar-refractivity contribution in [2.75, 3.05) is 20.3 Å². The third-order valence-electron chi connectivity index (χ3n) is 5.58. The van der Waals surface area contributed by atoms with Crippen LogP contribution in [0.1, 0.15) is 24.2 Å². The van der Waals surface area contributed by atoms with Crippen molar-refractivity contribution < 1.29 is 17.9 Å². The molecule has 1 aliphatic heterocycles. The first-order chi connectivity index (χ1) is 15.9. The molecule has 0 aliphatic carbocycles. The summed E-state index contributed by atoms with van der Waals surface area (Å²) in [6, 6.07) is 11.8. The van der Waals surface area contributed by atoms with Crippen LogP contribution in [0.15, 0.2) is 59.8 Å². The molecule has 1 unspecified atom stereocenters. The molecule has 0 spiro atoms. The molecule has 176 valence electrons. The van der Waals surface area contributed by atoms with E-state index in [2.05, 4.69) is 4.98 Å². The fourth-order valence-electron chi connectivity index (χ4n) is 3.79. The lowest BCUT2D eigenvalue weighted by Crippen LogP contribution is -2.37. The SMILES string of the molecule is COc1ccc(S(=O)(=O)N(Cc2nccn2Cc2ccc(Cl)c(Cl)c2)CC2CCCO2)cc1. The van der Waals surface area contributed by atoms with Crippen LogP contribution in [0.5, 0.6) is 5.75 Å². The normalized spacial score (nSPS) is 16.4. The predicted molar refractivity (Wildman–Crippen MR) is 127 cm³/mol. The predicted octanol–water partition coefficient (Wildman–Crippen LogP) is 4.62. The van der Waals surface area contributed by atoms with Gasteiger partial charge in [0.05, 0.1) is 34.7 Å². The molecule has 0 amide bonds. The van der Waals surface area contributed by atoms with E-state index in [-0.39, 0.29) is 24.1 Å². The van der Waals surface area contributed by atoms with Gasteiger partial charge in [-0.15, -0.1) is 0 Å². The van der Waals surface area contributed by atoms with Crippen LogP contribution in [0.3, 0.4) is 0 Å². The van der Waals surface area contributed by atoms with E-state index in [9.17, 15) is 8.42 Å². The van der Waals surface area contributed by atoms with Crippen molar-refractivity contribution in [3.63, 3.8) is 0 Å². The van der Waals surface area contributed by atoms with Crippen molar-refractivity contribution in [2.24, 2.45) is 0 Å². The van der Waals surface area contributed by atoms with Crippen LogP contribution in [0.2, 0.25) is 10.0 Å². The van der Waals surface area contributed by atoms with E-state index in [1.807, 2.05) is 16.8 Å². The second-order valence-corrected chi connectivity index (χ2v) is 10.6. The van der Waals surface area contributed by atoms with Gasteiger partial charge in [0, 0.05) is 32.1 Å². The summed E-state index contributed by atoms with van der Waals surface area (Å²) in [5.74, 6) is 1.22. The van der Waals surface area contributed by atoms with E-state index >= 15 is 0 Å². The quantitative estimate of drug-likeness (QED) is 0.420. The Labute approximate surface area is 203 Å². The summed E-state index contributed by atoms with van der Waals surface area (Å²) in [7, 11) is -2.24. The van der Waals surface area contributed by atoms with Gasteiger partial charge in [-0.05, 0) is 54.8 Å². The van der Waals surface area contributed by atoms with Crippen LogP contribution in [0.4, 0.5) is 0 Å². The fraction of sp³-hybridized carbons (Fsp3) is 0.348. The zero-order valence-electron chi connectivity index (χ0n) is 18.2. The maximum Gasteiger partial charge on any atom is 0.243 e. The minimum Gasteiger partial charge on any atom is -0.497 e. The zero-order chi connectivity index (χ0) is 23.4. The van der Waals surface area contributed by atoms with Gasteiger partial charge in [0.2, 0.25) is 10.0 Å². The van der Waals surface area contributed by atoms with E-state index in [1.165, 1.54) is 4.31 Å². The molecule has 1 aromatic heterocycles. The summed E-state index contributed by atoms with van der Waals surface area (Å²) >= 11 is 12.2. The Balaban J connectivity index is 1.60. The van der Waals surface area contributed by atoms with Crippen LogP contribution in [0.25, 0.3) is 0 Å². The van der Waals surface area contributed by atoms with Crippen molar-refractivity contribution in [3.05, 3.63) is 76.3 Å². The second-order valence-electron chi connectivity index (χ2n) is 7.83. The average molecular weight is 510 g/mol. The van der Waals surface area contributed by atoms with Crippen LogP contribution in [-0.4, -0.2) is 48.6 Å². The highest BCUT2D eigenvalue weighted by molar-refractivity contribution is 7.89. The first-order valence-electron chi connectivity index (χ1n) is 10.6. The van der Waals surface area contributed by atoms with Crippen LogP contribution >= 0.6 is 23.2 Å². The van der Waals surface area contributed by atoms with Crippen LogP contribution in [-0.2, 0) is 27.8 Å². The largest absolute Gasteiger partial charge is 0.497 e. The third-order valence-corrected chi connectivity index (χ3v) is 8.15. The molecule has 0 saturated carbocycles. The topological polar surface area (TPSA) is 73.7 Å². The Kier molecular flexibility index (Phi) is 7.61. The van der Waals surface area contributed by atoms with Crippen molar-refractivity contribution in [1.82, 2.24) is 13.9 Å². The van der Waals surface area contributed by atoms with Gasteiger partial charge in [0.1, 0.15) is 11.6 Å². The smallest absolute Gasteiger partial charge is 0.243 e. The molecule has 2 aromatic carbocycles. The minimum absolute atomic E-state index is 0.114. The van der Waals surface area contributed by atoms with E-state index < -0.39 is 10.0 Å². The molecule has 10 heteroatoms. The van der Waals surface area contributed by atoms with Crippen molar-refractivity contribution in [3.8, 4) is 5.75 Å². The number of rotatable bonds is 9. The monoisotopic (exact) mass is 509 g/mol. The zero-order valence-corrected chi connectivity index (χ0v) is 20.5. The molecule has 1 aliphatic rings. The highest BCUT2D eigenvalue weighted by Crippen LogP contribution is 2.25. The lowest BCUT2D eigenvalue weighted by atomic mass is 10.2. The summed E-state index contributed by atoms with van der Waals surface area (Å²) in [6.07, 6.45) is 5.09. The first kappa shape index (κ1) is 24.0. The summed E-state index contributed by atoms with van der Waals surface area (Å²) in [5.41, 5.74) is 0.937. The number of aromatic nitrogens is 2. The van der Waals surface area contributed by atoms with E-state index in [0.717, 1.165) is 18.4 Å². The van der Waals surface area contributed by atoms with Crippen LogP contribution < -0.4 is 4.74 Å². The molecular weight excluding hydrogens is 485 g/mol. The number of ether oxygens (including phenoxy) is 2. The molecule has 0 N–H and O–H groups in total. The van der Waals surface area contributed by atoms with Crippen molar-refractivity contribution in [2.45, 2.75) is 36.9 Å². The number of sulfonamides is 1. The number of hydrogen-bond acceptors (Lipinski definition) is 5. The molecule has 1 atom stereocenters. The van der Waals surface area contributed by atoms with Gasteiger partial charge >= 0.3 is 0 Å². The standard InChI is InChI=1S/C23H25Cl2N3O4S/c1-31-18-5-7-20(8-6-18)33(29,30)28(15-19-3-2-12-32-19)16-23-26-10-11-27(23)14-17-4-9-21(24)22(25)13-17/h4-11,13,19H,2-3,12,14-16H2,1H3. The molecular formula is C23H25Cl2N3O4S. The number of imidazole rings is 1. The lowest BCUT2D eigenvalue weighted by molar-refractivity contribution is 0.0920. The molecule has 1 fully saturated rings.